The molecule has 150 valence electrons. The SMILES string of the molecule is CC(=O)Nc1ccc(SC(C)C(=O)NC2C3CCCC2CC(N)C3)cc1.Cl. The molecular weight excluding hydrogens is 382 g/mol. The van der Waals surface area contributed by atoms with Gasteiger partial charge in [-0.05, 0) is 68.7 Å². The second-order valence-corrected chi connectivity index (χ2v) is 9.10. The summed E-state index contributed by atoms with van der Waals surface area (Å²) in [5.41, 5.74) is 6.95. The van der Waals surface area contributed by atoms with Crippen molar-refractivity contribution in [3.63, 3.8) is 0 Å². The molecule has 0 aromatic heterocycles. The number of amides is 2. The second kappa shape index (κ2) is 9.80. The zero-order valence-electron chi connectivity index (χ0n) is 15.9. The predicted octanol–water partition coefficient (Wildman–Crippen LogP) is 3.57. The highest BCUT2D eigenvalue weighted by molar-refractivity contribution is 8.00. The summed E-state index contributed by atoms with van der Waals surface area (Å²) >= 11 is 1.55. The van der Waals surface area contributed by atoms with E-state index in [0.717, 1.165) is 23.4 Å². The highest BCUT2D eigenvalue weighted by Crippen LogP contribution is 2.40. The van der Waals surface area contributed by atoms with Crippen molar-refractivity contribution in [3.8, 4) is 0 Å². The molecular formula is C20H30ClN3O2S. The van der Waals surface area contributed by atoms with E-state index in [4.69, 9.17) is 5.73 Å². The molecule has 3 unspecified atom stereocenters. The maximum atomic E-state index is 12.7. The van der Waals surface area contributed by atoms with E-state index in [1.54, 1.807) is 11.8 Å². The van der Waals surface area contributed by atoms with Gasteiger partial charge in [0.1, 0.15) is 0 Å². The first-order chi connectivity index (χ1) is 12.4. The lowest BCUT2D eigenvalue weighted by Gasteiger charge is -2.45. The van der Waals surface area contributed by atoms with Gasteiger partial charge in [0.05, 0.1) is 5.25 Å². The molecule has 2 saturated carbocycles. The minimum absolute atomic E-state index is 0. The van der Waals surface area contributed by atoms with Crippen molar-refractivity contribution in [2.45, 2.75) is 68.2 Å². The van der Waals surface area contributed by atoms with Crippen LogP contribution in [0, 0.1) is 11.8 Å². The Bertz CT molecular complexity index is 641. The van der Waals surface area contributed by atoms with Crippen molar-refractivity contribution >= 4 is 41.7 Å². The van der Waals surface area contributed by atoms with Crippen LogP contribution >= 0.6 is 24.2 Å². The third-order valence-corrected chi connectivity index (χ3v) is 6.65. The van der Waals surface area contributed by atoms with Crippen molar-refractivity contribution in [2.24, 2.45) is 17.6 Å². The quantitative estimate of drug-likeness (QED) is 0.646. The van der Waals surface area contributed by atoms with Crippen LogP contribution in [-0.4, -0.2) is 29.1 Å². The molecule has 5 nitrogen and oxygen atoms in total. The average molecular weight is 412 g/mol. The van der Waals surface area contributed by atoms with Gasteiger partial charge >= 0.3 is 0 Å². The largest absolute Gasteiger partial charge is 0.352 e. The zero-order chi connectivity index (χ0) is 18.7. The summed E-state index contributed by atoms with van der Waals surface area (Å²) < 4.78 is 0. The summed E-state index contributed by atoms with van der Waals surface area (Å²) in [6.07, 6.45) is 5.70. The number of rotatable bonds is 5. The van der Waals surface area contributed by atoms with E-state index in [1.165, 1.54) is 26.2 Å². The number of thioether (sulfide) groups is 1. The molecule has 2 bridgehead atoms. The minimum atomic E-state index is -0.155. The number of halogens is 1. The van der Waals surface area contributed by atoms with Gasteiger partial charge in [0.25, 0.3) is 0 Å². The number of benzene rings is 1. The molecule has 2 aliphatic rings. The van der Waals surface area contributed by atoms with Crippen LogP contribution in [0.5, 0.6) is 0 Å². The number of fused-ring (bicyclic) bond motifs is 2. The van der Waals surface area contributed by atoms with Gasteiger partial charge in [0, 0.05) is 29.6 Å². The summed E-state index contributed by atoms with van der Waals surface area (Å²) in [6.45, 7) is 3.44. The van der Waals surface area contributed by atoms with Crippen molar-refractivity contribution in [2.75, 3.05) is 5.32 Å². The van der Waals surface area contributed by atoms with E-state index < -0.39 is 0 Å². The van der Waals surface area contributed by atoms with Gasteiger partial charge in [0.2, 0.25) is 11.8 Å². The van der Waals surface area contributed by atoms with E-state index >= 15 is 0 Å². The molecule has 3 atom stereocenters. The van der Waals surface area contributed by atoms with Crippen LogP contribution in [0.2, 0.25) is 0 Å². The molecule has 3 rings (SSSR count). The molecule has 0 aliphatic heterocycles. The summed E-state index contributed by atoms with van der Waals surface area (Å²) in [4.78, 5) is 24.8. The molecule has 1 aromatic carbocycles. The predicted molar refractivity (Wildman–Crippen MR) is 113 cm³/mol. The normalized spacial score (nSPS) is 27.8. The lowest BCUT2D eigenvalue weighted by Crippen LogP contribution is -2.54. The number of carbonyl (C=O) groups excluding carboxylic acids is 2. The van der Waals surface area contributed by atoms with Crippen LogP contribution in [-0.2, 0) is 9.59 Å². The molecule has 0 spiro atoms. The van der Waals surface area contributed by atoms with Gasteiger partial charge in [-0.25, -0.2) is 0 Å². The molecule has 1 aromatic rings. The standard InChI is InChI=1S/C20H29N3O2S.ClH/c1-12(26-18-8-6-17(7-9-18)22-13(2)24)20(25)23-19-14-4-3-5-15(19)11-16(21)10-14;/h6-9,12,14-16,19H,3-5,10-11,21H2,1-2H3,(H,22,24)(H,23,25);1H. The first-order valence-electron chi connectivity index (χ1n) is 9.52. The summed E-state index contributed by atoms with van der Waals surface area (Å²) in [5.74, 6) is 1.10. The fraction of sp³-hybridized carbons (Fsp3) is 0.600. The maximum Gasteiger partial charge on any atom is 0.233 e. The molecule has 2 fully saturated rings. The third kappa shape index (κ3) is 5.87. The van der Waals surface area contributed by atoms with Gasteiger partial charge in [0.15, 0.2) is 0 Å². The number of carbonyl (C=O) groups is 2. The van der Waals surface area contributed by atoms with E-state index in [9.17, 15) is 9.59 Å². The van der Waals surface area contributed by atoms with Crippen LogP contribution in [0.1, 0.15) is 46.0 Å². The van der Waals surface area contributed by atoms with Gasteiger partial charge in [-0.3, -0.25) is 9.59 Å². The fourth-order valence-corrected chi connectivity index (χ4v) is 5.26. The molecule has 0 heterocycles. The first kappa shape index (κ1) is 22.1. The summed E-state index contributed by atoms with van der Waals surface area (Å²) in [6, 6.07) is 8.19. The Hall–Kier alpha value is -1.24. The number of hydrogen-bond donors (Lipinski definition) is 3. The maximum absolute atomic E-state index is 12.7. The molecule has 27 heavy (non-hydrogen) atoms. The molecule has 4 N–H and O–H groups in total. The second-order valence-electron chi connectivity index (χ2n) is 7.68. The van der Waals surface area contributed by atoms with E-state index in [2.05, 4.69) is 10.6 Å². The zero-order valence-corrected chi connectivity index (χ0v) is 17.6. The lowest BCUT2D eigenvalue weighted by molar-refractivity contribution is -0.122. The van der Waals surface area contributed by atoms with Crippen LogP contribution in [0.3, 0.4) is 0 Å². The smallest absolute Gasteiger partial charge is 0.233 e. The Kier molecular flexibility index (Phi) is 8.01. The first-order valence-corrected chi connectivity index (χ1v) is 10.4. The fourth-order valence-electron chi connectivity index (χ4n) is 4.38. The molecule has 7 heteroatoms. The van der Waals surface area contributed by atoms with Crippen LogP contribution in [0.4, 0.5) is 5.69 Å². The molecule has 2 aliphatic carbocycles. The third-order valence-electron chi connectivity index (χ3n) is 5.54. The summed E-state index contributed by atoms with van der Waals surface area (Å²) in [5, 5.41) is 5.92. The average Bonchev–Trinajstić information content (AvgIpc) is 2.57. The Morgan fingerprint density at radius 1 is 1.15 bits per heavy atom. The highest BCUT2D eigenvalue weighted by atomic mass is 35.5. The van der Waals surface area contributed by atoms with Crippen molar-refractivity contribution in [1.29, 1.82) is 0 Å². The van der Waals surface area contributed by atoms with E-state index in [0.29, 0.717) is 23.9 Å². The van der Waals surface area contributed by atoms with Gasteiger partial charge in [-0.2, -0.15) is 0 Å². The van der Waals surface area contributed by atoms with Crippen LogP contribution in [0.25, 0.3) is 0 Å². The van der Waals surface area contributed by atoms with E-state index in [-0.39, 0.29) is 29.5 Å². The van der Waals surface area contributed by atoms with Crippen molar-refractivity contribution in [1.82, 2.24) is 5.32 Å². The highest BCUT2D eigenvalue weighted by Gasteiger charge is 2.40. The lowest BCUT2D eigenvalue weighted by atomic mass is 9.67. The Morgan fingerprint density at radius 3 is 2.30 bits per heavy atom. The minimum Gasteiger partial charge on any atom is -0.352 e. The Labute approximate surface area is 172 Å². The summed E-state index contributed by atoms with van der Waals surface area (Å²) in [7, 11) is 0. The molecule has 0 radical (unpaired) electrons. The number of nitrogens with two attached hydrogens (primary N) is 1. The van der Waals surface area contributed by atoms with Gasteiger partial charge in [-0.15, -0.1) is 24.2 Å². The van der Waals surface area contributed by atoms with Crippen LogP contribution in [0.15, 0.2) is 29.2 Å². The number of anilines is 1. The monoisotopic (exact) mass is 411 g/mol. The van der Waals surface area contributed by atoms with Crippen molar-refractivity contribution in [3.05, 3.63) is 24.3 Å². The Balaban J connectivity index is 0.00000261. The van der Waals surface area contributed by atoms with E-state index in [1.807, 2.05) is 31.2 Å². The topological polar surface area (TPSA) is 84.2 Å². The molecule has 0 saturated heterocycles. The van der Waals surface area contributed by atoms with Gasteiger partial charge in [-0.1, -0.05) is 6.42 Å². The number of hydrogen-bond acceptors (Lipinski definition) is 4. The van der Waals surface area contributed by atoms with Crippen molar-refractivity contribution < 1.29 is 9.59 Å². The Morgan fingerprint density at radius 2 is 1.74 bits per heavy atom. The van der Waals surface area contributed by atoms with Gasteiger partial charge < -0.3 is 16.4 Å². The molecule has 2 amide bonds. The number of nitrogens with one attached hydrogen (secondary N) is 2. The van der Waals surface area contributed by atoms with Crippen LogP contribution < -0.4 is 16.4 Å².